The molecule has 0 aromatic heterocycles. The summed E-state index contributed by atoms with van der Waals surface area (Å²) in [4.78, 5) is 37.6. The van der Waals surface area contributed by atoms with E-state index in [2.05, 4.69) is 5.32 Å². The molecule has 1 aliphatic rings. The van der Waals surface area contributed by atoms with E-state index in [1.54, 1.807) is 6.08 Å². The van der Waals surface area contributed by atoms with E-state index in [0.29, 0.717) is 14.9 Å². The Morgan fingerprint density at radius 1 is 1.14 bits per heavy atom. The van der Waals surface area contributed by atoms with Crippen molar-refractivity contribution in [2.75, 3.05) is 11.9 Å². The third-order valence-electron chi connectivity index (χ3n) is 4.23. The van der Waals surface area contributed by atoms with Gasteiger partial charge in [-0.2, -0.15) is 0 Å². The molecule has 0 atom stereocenters. The number of nitrogens with zero attached hydrogens (tertiary/aromatic N) is 1. The molecule has 0 bridgehead atoms. The molecule has 0 radical (unpaired) electrons. The average molecular weight is 427 g/mol. The number of hydrogen-bond acceptors (Lipinski definition) is 5. The minimum absolute atomic E-state index is 0.0743. The maximum atomic E-state index is 12.6. The Balaban J connectivity index is 1.57. The van der Waals surface area contributed by atoms with E-state index in [-0.39, 0.29) is 30.3 Å². The van der Waals surface area contributed by atoms with Crippen LogP contribution in [0.15, 0.2) is 53.4 Å². The zero-order valence-corrected chi connectivity index (χ0v) is 17.2. The minimum atomic E-state index is -1.03. The Labute approximate surface area is 177 Å². The second kappa shape index (κ2) is 9.02. The first-order chi connectivity index (χ1) is 13.8. The van der Waals surface area contributed by atoms with Crippen LogP contribution in [0.1, 0.15) is 27.9 Å². The first-order valence-corrected chi connectivity index (χ1v) is 10.0. The minimum Gasteiger partial charge on any atom is -0.478 e. The second-order valence-electron chi connectivity index (χ2n) is 6.42. The van der Waals surface area contributed by atoms with E-state index in [1.807, 2.05) is 31.2 Å². The number of carbonyl (C=O) groups is 3. The van der Waals surface area contributed by atoms with E-state index in [1.165, 1.54) is 40.9 Å². The van der Waals surface area contributed by atoms with Gasteiger partial charge in [0.25, 0.3) is 5.91 Å². The number of carbonyl (C=O) groups excluding carboxylic acids is 2. The smallest absolute Gasteiger partial charge is 0.335 e. The van der Waals surface area contributed by atoms with Crippen LogP contribution in [0, 0.1) is 6.92 Å². The van der Waals surface area contributed by atoms with Crippen LogP contribution in [0.4, 0.5) is 5.69 Å². The van der Waals surface area contributed by atoms with Gasteiger partial charge < -0.3 is 10.4 Å². The summed E-state index contributed by atoms with van der Waals surface area (Å²) in [5.74, 6) is -1.53. The summed E-state index contributed by atoms with van der Waals surface area (Å²) in [6.45, 7) is 2.17. The average Bonchev–Trinajstić information content (AvgIpc) is 2.95. The van der Waals surface area contributed by atoms with Crippen molar-refractivity contribution in [3.8, 4) is 0 Å². The third kappa shape index (κ3) is 5.30. The fourth-order valence-electron chi connectivity index (χ4n) is 2.64. The topological polar surface area (TPSA) is 86.7 Å². The largest absolute Gasteiger partial charge is 0.478 e. The van der Waals surface area contributed by atoms with Crippen molar-refractivity contribution in [1.82, 2.24) is 4.90 Å². The highest BCUT2D eigenvalue weighted by atomic mass is 32.2. The van der Waals surface area contributed by atoms with Gasteiger partial charge in [0.05, 0.1) is 10.5 Å². The number of benzene rings is 2. The first-order valence-electron chi connectivity index (χ1n) is 8.79. The Morgan fingerprint density at radius 2 is 1.79 bits per heavy atom. The molecule has 0 aliphatic carbocycles. The van der Waals surface area contributed by atoms with Gasteiger partial charge in [0.1, 0.15) is 4.32 Å². The molecule has 1 fully saturated rings. The van der Waals surface area contributed by atoms with E-state index < -0.39 is 5.97 Å². The van der Waals surface area contributed by atoms with E-state index >= 15 is 0 Å². The van der Waals surface area contributed by atoms with E-state index in [4.69, 9.17) is 17.3 Å². The van der Waals surface area contributed by atoms with E-state index in [9.17, 15) is 14.4 Å². The summed E-state index contributed by atoms with van der Waals surface area (Å²) in [6, 6.07) is 13.7. The summed E-state index contributed by atoms with van der Waals surface area (Å²) in [5.41, 5.74) is 2.68. The van der Waals surface area contributed by atoms with Crippen LogP contribution < -0.4 is 5.32 Å². The number of aromatic carboxylic acids is 1. The molecule has 2 aromatic carbocycles. The first kappa shape index (κ1) is 20.8. The summed E-state index contributed by atoms with van der Waals surface area (Å²) in [7, 11) is 0. The molecule has 0 spiro atoms. The standard InChI is InChI=1S/C21H18N2O4S2/c1-13-2-4-14(5-3-13)12-17-19(25)23(21(28)29-17)11-10-18(24)22-16-8-6-15(7-9-16)20(26)27/h2-9,12H,10-11H2,1H3,(H,22,24)(H,26,27)/b17-12+. The number of hydrogen-bond donors (Lipinski definition) is 2. The van der Waals surface area contributed by atoms with Gasteiger partial charge in [-0.1, -0.05) is 53.8 Å². The lowest BCUT2D eigenvalue weighted by atomic mass is 10.1. The number of thioether (sulfide) groups is 1. The quantitative estimate of drug-likeness (QED) is 0.538. The summed E-state index contributed by atoms with van der Waals surface area (Å²) in [6.07, 6.45) is 1.87. The maximum absolute atomic E-state index is 12.6. The van der Waals surface area contributed by atoms with E-state index in [0.717, 1.165) is 11.1 Å². The van der Waals surface area contributed by atoms with Gasteiger partial charge in [0.15, 0.2) is 0 Å². The number of carboxylic acid groups (broad SMARTS) is 1. The fraction of sp³-hybridized carbons (Fsp3) is 0.143. The molecule has 2 amide bonds. The van der Waals surface area contributed by atoms with Crippen LogP contribution in [-0.2, 0) is 9.59 Å². The number of thiocarbonyl (C=S) groups is 1. The molecule has 1 saturated heterocycles. The molecule has 1 heterocycles. The number of nitrogens with one attached hydrogen (secondary N) is 1. The molecule has 0 saturated carbocycles. The number of amides is 2. The molecule has 29 heavy (non-hydrogen) atoms. The van der Waals surface area contributed by atoms with Crippen LogP contribution in [0.2, 0.25) is 0 Å². The predicted octanol–water partition coefficient (Wildman–Crippen LogP) is 3.92. The molecular weight excluding hydrogens is 408 g/mol. The van der Waals surface area contributed by atoms with Crippen LogP contribution in [0.3, 0.4) is 0 Å². The van der Waals surface area contributed by atoms with Gasteiger partial charge >= 0.3 is 5.97 Å². The van der Waals surface area contributed by atoms with Crippen molar-refractivity contribution in [2.24, 2.45) is 0 Å². The van der Waals surface area contributed by atoms with Gasteiger partial charge in [0.2, 0.25) is 5.91 Å². The SMILES string of the molecule is Cc1ccc(/C=C2/SC(=S)N(CCC(=O)Nc3ccc(C(=O)O)cc3)C2=O)cc1. The van der Waals surface area contributed by atoms with Gasteiger partial charge in [-0.25, -0.2) is 4.79 Å². The highest BCUT2D eigenvalue weighted by molar-refractivity contribution is 8.26. The van der Waals surface area contributed by atoms with Crippen molar-refractivity contribution in [2.45, 2.75) is 13.3 Å². The highest BCUT2D eigenvalue weighted by Gasteiger charge is 2.32. The van der Waals surface area contributed by atoms with Gasteiger partial charge in [-0.15, -0.1) is 0 Å². The molecule has 6 nitrogen and oxygen atoms in total. The summed E-state index contributed by atoms with van der Waals surface area (Å²) < 4.78 is 0.423. The fourth-order valence-corrected chi connectivity index (χ4v) is 3.95. The predicted molar refractivity (Wildman–Crippen MR) is 118 cm³/mol. The molecule has 0 unspecified atom stereocenters. The van der Waals surface area contributed by atoms with Gasteiger partial charge in [-0.3, -0.25) is 14.5 Å². The van der Waals surface area contributed by atoms with Gasteiger partial charge in [-0.05, 0) is 42.8 Å². The molecule has 2 N–H and O–H groups in total. The lowest BCUT2D eigenvalue weighted by molar-refractivity contribution is -0.122. The Hall–Kier alpha value is -2.97. The van der Waals surface area contributed by atoms with Crippen LogP contribution >= 0.6 is 24.0 Å². The van der Waals surface area contributed by atoms with Crippen LogP contribution in [-0.4, -0.2) is 38.7 Å². The third-order valence-corrected chi connectivity index (χ3v) is 5.60. The van der Waals surface area contributed by atoms with Gasteiger partial charge in [0, 0.05) is 18.7 Å². The number of anilines is 1. The Morgan fingerprint density at radius 3 is 2.41 bits per heavy atom. The second-order valence-corrected chi connectivity index (χ2v) is 8.10. The zero-order chi connectivity index (χ0) is 21.0. The maximum Gasteiger partial charge on any atom is 0.335 e. The summed E-state index contributed by atoms with van der Waals surface area (Å²) >= 11 is 6.51. The molecule has 1 aliphatic heterocycles. The van der Waals surface area contributed by atoms with Crippen LogP contribution in [0.5, 0.6) is 0 Å². The number of aryl methyl sites for hydroxylation is 1. The normalized spacial score (nSPS) is 15.1. The lowest BCUT2D eigenvalue weighted by Gasteiger charge is -2.14. The molecule has 3 rings (SSSR count). The Kier molecular flexibility index (Phi) is 6.46. The van der Waals surface area contributed by atoms with Crippen molar-refractivity contribution in [3.05, 3.63) is 70.1 Å². The number of carboxylic acids is 1. The molecular formula is C21H18N2O4S2. The van der Waals surface area contributed by atoms with Crippen molar-refractivity contribution < 1.29 is 19.5 Å². The highest BCUT2D eigenvalue weighted by Crippen LogP contribution is 2.32. The van der Waals surface area contributed by atoms with Crippen molar-refractivity contribution in [3.63, 3.8) is 0 Å². The van der Waals surface area contributed by atoms with Crippen LogP contribution in [0.25, 0.3) is 6.08 Å². The zero-order valence-electron chi connectivity index (χ0n) is 15.5. The van der Waals surface area contributed by atoms with Crippen molar-refractivity contribution >= 4 is 57.8 Å². The molecule has 148 valence electrons. The molecule has 8 heteroatoms. The number of rotatable bonds is 6. The lowest BCUT2D eigenvalue weighted by Crippen LogP contribution is -2.31. The monoisotopic (exact) mass is 426 g/mol. The molecule has 2 aromatic rings. The summed E-state index contributed by atoms with van der Waals surface area (Å²) in [5, 5.41) is 11.6. The Bertz CT molecular complexity index is 998. The van der Waals surface area contributed by atoms with Crippen molar-refractivity contribution in [1.29, 1.82) is 0 Å².